The van der Waals surface area contributed by atoms with E-state index in [4.69, 9.17) is 23.8 Å². The van der Waals surface area contributed by atoms with Crippen molar-refractivity contribution in [3.63, 3.8) is 0 Å². The number of furan rings is 2. The molecule has 0 saturated carbocycles. The summed E-state index contributed by atoms with van der Waals surface area (Å²) in [6.45, 7) is 0. The molecular weight excluding hydrogens is 590 g/mol. The number of benzene rings is 7. The first-order chi connectivity index (χ1) is 23.8. The fraction of sp³-hybridized carbons (Fsp3) is 0. The lowest BCUT2D eigenvalue weighted by Crippen LogP contribution is -2.01. The fourth-order valence-corrected chi connectivity index (χ4v) is 6.85. The van der Waals surface area contributed by atoms with Crippen molar-refractivity contribution < 1.29 is 8.83 Å². The number of rotatable bonds is 4. The van der Waals surface area contributed by atoms with Crippen LogP contribution in [0, 0.1) is 0 Å². The third-order valence-corrected chi connectivity index (χ3v) is 9.13. The number of hydrogen-bond donors (Lipinski definition) is 0. The highest BCUT2D eigenvalue weighted by atomic mass is 16.3. The van der Waals surface area contributed by atoms with Crippen molar-refractivity contribution in [3.05, 3.63) is 152 Å². The predicted octanol–water partition coefficient (Wildman–Crippen LogP) is 11.5. The Bertz CT molecular complexity index is 2850. The zero-order chi connectivity index (χ0) is 31.6. The second kappa shape index (κ2) is 10.5. The first-order valence-corrected chi connectivity index (χ1v) is 15.9. The molecule has 224 valence electrons. The van der Waals surface area contributed by atoms with E-state index in [1.165, 1.54) is 0 Å². The first kappa shape index (κ1) is 26.6. The monoisotopic (exact) mass is 615 g/mol. The number of nitrogens with zero attached hydrogens (tertiary/aromatic N) is 3. The van der Waals surface area contributed by atoms with Crippen LogP contribution >= 0.6 is 0 Å². The minimum absolute atomic E-state index is 0.564. The fourth-order valence-electron chi connectivity index (χ4n) is 6.85. The van der Waals surface area contributed by atoms with E-state index in [0.717, 1.165) is 82.5 Å². The van der Waals surface area contributed by atoms with E-state index in [2.05, 4.69) is 97.1 Å². The van der Waals surface area contributed by atoms with Crippen molar-refractivity contribution >= 4 is 54.6 Å². The van der Waals surface area contributed by atoms with Gasteiger partial charge in [0.1, 0.15) is 22.3 Å². The van der Waals surface area contributed by atoms with Crippen LogP contribution in [0.25, 0.3) is 99.9 Å². The molecular formula is C43H25N3O2. The number of aromatic nitrogens is 3. The second-order valence-corrected chi connectivity index (χ2v) is 12.0. The van der Waals surface area contributed by atoms with Gasteiger partial charge in [-0.25, -0.2) is 15.0 Å². The SMILES string of the molecule is c1ccc(-c2ccc3oc4ccccc4c3c2-c2nc(-c3ccc4ccccc4c3)nc(-c3ccc4c(c3)oc3ccccc34)n2)cc1. The van der Waals surface area contributed by atoms with Gasteiger partial charge in [0, 0.05) is 38.2 Å². The smallest absolute Gasteiger partial charge is 0.165 e. The molecule has 48 heavy (non-hydrogen) atoms. The lowest BCUT2D eigenvalue weighted by atomic mass is 9.94. The molecule has 0 fully saturated rings. The van der Waals surface area contributed by atoms with Crippen LogP contribution in [-0.2, 0) is 0 Å². The summed E-state index contributed by atoms with van der Waals surface area (Å²) >= 11 is 0. The minimum Gasteiger partial charge on any atom is -0.456 e. The molecule has 10 rings (SSSR count). The van der Waals surface area contributed by atoms with E-state index in [-0.39, 0.29) is 0 Å². The van der Waals surface area contributed by atoms with Gasteiger partial charge in [-0.3, -0.25) is 0 Å². The van der Waals surface area contributed by atoms with Crippen molar-refractivity contribution in [2.24, 2.45) is 0 Å². The van der Waals surface area contributed by atoms with E-state index < -0.39 is 0 Å². The minimum atomic E-state index is 0.564. The summed E-state index contributed by atoms with van der Waals surface area (Å²) < 4.78 is 12.7. The lowest BCUT2D eigenvalue weighted by molar-refractivity contribution is 0.668. The standard InChI is InChI=1S/C43H25N3O2/c1-2-11-27(12-3-1)31-22-23-37-39(34-15-7-9-17-36(34)47-37)40(31)43-45-41(29-19-18-26-10-4-5-13-28(26)24-29)44-42(46-43)30-20-21-33-32-14-6-8-16-35(32)48-38(33)25-30/h1-25H. The number of hydrogen-bond acceptors (Lipinski definition) is 5. The van der Waals surface area contributed by atoms with Gasteiger partial charge in [-0.2, -0.15) is 0 Å². The van der Waals surface area contributed by atoms with Crippen LogP contribution in [0.2, 0.25) is 0 Å². The molecule has 0 atom stereocenters. The quantitative estimate of drug-likeness (QED) is 0.197. The molecule has 0 saturated heterocycles. The maximum atomic E-state index is 6.38. The Morgan fingerprint density at radius 1 is 0.354 bits per heavy atom. The van der Waals surface area contributed by atoms with Gasteiger partial charge in [0.15, 0.2) is 17.5 Å². The van der Waals surface area contributed by atoms with Crippen LogP contribution in [-0.4, -0.2) is 15.0 Å². The summed E-state index contributed by atoms with van der Waals surface area (Å²) in [6, 6.07) is 51.6. The Hall–Kier alpha value is -6.59. The molecule has 0 aliphatic heterocycles. The first-order valence-electron chi connectivity index (χ1n) is 15.9. The highest BCUT2D eigenvalue weighted by Crippen LogP contribution is 2.42. The Kier molecular flexibility index (Phi) is 5.81. The topological polar surface area (TPSA) is 65.0 Å². The summed E-state index contributed by atoms with van der Waals surface area (Å²) in [5.41, 5.74) is 7.98. The maximum absolute atomic E-state index is 6.38. The molecule has 0 unspecified atom stereocenters. The van der Waals surface area contributed by atoms with Crippen LogP contribution < -0.4 is 0 Å². The molecule has 5 heteroatoms. The van der Waals surface area contributed by atoms with Gasteiger partial charge in [0.25, 0.3) is 0 Å². The summed E-state index contributed by atoms with van der Waals surface area (Å²) in [5, 5.41) is 6.40. The van der Waals surface area contributed by atoms with Crippen molar-refractivity contribution in [3.8, 4) is 45.3 Å². The summed E-state index contributed by atoms with van der Waals surface area (Å²) in [5.74, 6) is 1.73. The molecule has 0 radical (unpaired) electrons. The van der Waals surface area contributed by atoms with E-state index in [1.54, 1.807) is 0 Å². The second-order valence-electron chi connectivity index (χ2n) is 12.0. The van der Waals surface area contributed by atoms with E-state index in [9.17, 15) is 0 Å². The van der Waals surface area contributed by atoms with Crippen molar-refractivity contribution in [2.75, 3.05) is 0 Å². The van der Waals surface area contributed by atoms with Gasteiger partial charge in [0.2, 0.25) is 0 Å². The van der Waals surface area contributed by atoms with Crippen molar-refractivity contribution in [2.45, 2.75) is 0 Å². The summed E-state index contributed by atoms with van der Waals surface area (Å²) in [4.78, 5) is 15.6. The molecule has 10 aromatic rings. The van der Waals surface area contributed by atoms with Crippen LogP contribution in [0.5, 0.6) is 0 Å². The molecule has 0 spiro atoms. The van der Waals surface area contributed by atoms with Crippen LogP contribution in [0.4, 0.5) is 0 Å². The van der Waals surface area contributed by atoms with Gasteiger partial charge in [0.05, 0.1) is 0 Å². The Balaban J connectivity index is 1.28. The van der Waals surface area contributed by atoms with E-state index >= 15 is 0 Å². The largest absolute Gasteiger partial charge is 0.456 e. The van der Waals surface area contributed by atoms with Crippen LogP contribution in [0.15, 0.2) is 160 Å². The van der Waals surface area contributed by atoms with Crippen molar-refractivity contribution in [1.29, 1.82) is 0 Å². The van der Waals surface area contributed by atoms with Gasteiger partial charge in [-0.1, -0.05) is 109 Å². The van der Waals surface area contributed by atoms with E-state index in [1.807, 2.05) is 54.6 Å². The van der Waals surface area contributed by atoms with Gasteiger partial charge in [-0.05, 0) is 64.4 Å². The highest BCUT2D eigenvalue weighted by Gasteiger charge is 2.22. The molecule has 0 aliphatic rings. The third kappa shape index (κ3) is 4.22. The predicted molar refractivity (Wildman–Crippen MR) is 194 cm³/mol. The molecule has 0 N–H and O–H groups in total. The van der Waals surface area contributed by atoms with Crippen molar-refractivity contribution in [1.82, 2.24) is 15.0 Å². The molecule has 5 nitrogen and oxygen atoms in total. The third-order valence-electron chi connectivity index (χ3n) is 9.13. The van der Waals surface area contributed by atoms with Crippen LogP contribution in [0.3, 0.4) is 0 Å². The summed E-state index contributed by atoms with van der Waals surface area (Å²) in [6.07, 6.45) is 0. The molecule has 3 aromatic heterocycles. The highest BCUT2D eigenvalue weighted by molar-refractivity contribution is 6.15. The normalized spacial score (nSPS) is 11.8. The Morgan fingerprint density at radius 2 is 0.958 bits per heavy atom. The molecule has 0 amide bonds. The Morgan fingerprint density at radius 3 is 1.79 bits per heavy atom. The van der Waals surface area contributed by atoms with E-state index in [0.29, 0.717) is 17.5 Å². The average molecular weight is 616 g/mol. The average Bonchev–Trinajstić information content (AvgIpc) is 3.72. The summed E-state index contributed by atoms with van der Waals surface area (Å²) in [7, 11) is 0. The molecule has 3 heterocycles. The number of fused-ring (bicyclic) bond motifs is 7. The van der Waals surface area contributed by atoms with Gasteiger partial charge < -0.3 is 8.83 Å². The van der Waals surface area contributed by atoms with Crippen LogP contribution in [0.1, 0.15) is 0 Å². The molecule has 0 aliphatic carbocycles. The van der Waals surface area contributed by atoms with Gasteiger partial charge in [-0.15, -0.1) is 0 Å². The number of para-hydroxylation sites is 2. The molecule has 7 aromatic carbocycles. The Labute approximate surface area is 274 Å². The van der Waals surface area contributed by atoms with Gasteiger partial charge >= 0.3 is 0 Å². The zero-order valence-corrected chi connectivity index (χ0v) is 25.6. The molecule has 0 bridgehead atoms. The zero-order valence-electron chi connectivity index (χ0n) is 25.6. The maximum Gasteiger partial charge on any atom is 0.165 e. The lowest BCUT2D eigenvalue weighted by Gasteiger charge is -2.13.